The number of furan rings is 1. The zero-order valence-electron chi connectivity index (χ0n) is 9.55. The van der Waals surface area contributed by atoms with Crippen LogP contribution in [0.3, 0.4) is 0 Å². The van der Waals surface area contributed by atoms with E-state index in [2.05, 4.69) is 11.1 Å². The molecule has 0 aliphatic rings. The van der Waals surface area contributed by atoms with E-state index in [1.165, 1.54) is 0 Å². The molecule has 0 amide bonds. The van der Waals surface area contributed by atoms with E-state index in [1.807, 2.05) is 36.5 Å². The summed E-state index contributed by atoms with van der Waals surface area (Å²) in [4.78, 5) is 4.17. The average molecular weight is 229 g/mol. The maximum absolute atomic E-state index is 6.07. The van der Waals surface area contributed by atoms with E-state index in [0.29, 0.717) is 0 Å². The van der Waals surface area contributed by atoms with Crippen molar-refractivity contribution < 1.29 is 4.42 Å². The van der Waals surface area contributed by atoms with Gasteiger partial charge in [0.25, 0.3) is 0 Å². The third kappa shape index (κ3) is 1.16. The minimum atomic E-state index is 0.741. The SMILES string of the molecule is [B]c1cc2oc3ccncc3c2c2ccccc12. The van der Waals surface area contributed by atoms with Crippen molar-refractivity contribution in [2.75, 3.05) is 0 Å². The minimum Gasteiger partial charge on any atom is -0.456 e. The molecule has 2 aromatic heterocycles. The molecule has 2 aromatic carbocycles. The van der Waals surface area contributed by atoms with Gasteiger partial charge in [0.15, 0.2) is 0 Å². The van der Waals surface area contributed by atoms with Gasteiger partial charge in [-0.2, -0.15) is 0 Å². The zero-order chi connectivity index (χ0) is 12.1. The summed E-state index contributed by atoms with van der Waals surface area (Å²) >= 11 is 0. The van der Waals surface area contributed by atoms with E-state index < -0.39 is 0 Å². The van der Waals surface area contributed by atoms with Crippen LogP contribution in [0.5, 0.6) is 0 Å². The number of benzene rings is 2. The summed E-state index contributed by atoms with van der Waals surface area (Å²) in [7, 11) is 6.07. The van der Waals surface area contributed by atoms with Crippen LogP contribution in [0.15, 0.2) is 53.2 Å². The molecule has 2 heterocycles. The lowest BCUT2D eigenvalue weighted by atomic mass is 9.88. The Morgan fingerprint density at radius 2 is 1.78 bits per heavy atom. The van der Waals surface area contributed by atoms with Crippen LogP contribution >= 0.6 is 0 Å². The fourth-order valence-corrected chi connectivity index (χ4v) is 2.51. The first kappa shape index (κ1) is 9.72. The Balaban J connectivity index is 2.39. The minimum absolute atomic E-state index is 0.741. The van der Waals surface area contributed by atoms with Gasteiger partial charge in [-0.05, 0) is 22.9 Å². The van der Waals surface area contributed by atoms with Gasteiger partial charge in [-0.15, -0.1) is 0 Å². The highest BCUT2D eigenvalue weighted by molar-refractivity contribution is 6.41. The largest absolute Gasteiger partial charge is 0.456 e. The molecule has 3 heteroatoms. The van der Waals surface area contributed by atoms with Gasteiger partial charge in [0.2, 0.25) is 0 Å². The van der Waals surface area contributed by atoms with E-state index in [4.69, 9.17) is 12.3 Å². The number of rotatable bonds is 0. The standard InChI is InChI=1S/C15H8BNO/c16-12-7-14-15(10-4-2-1-3-9(10)12)11-8-17-6-5-13(11)18-14/h1-8H. The zero-order valence-corrected chi connectivity index (χ0v) is 9.55. The van der Waals surface area contributed by atoms with Crippen LogP contribution in [0.4, 0.5) is 0 Å². The Morgan fingerprint density at radius 1 is 0.944 bits per heavy atom. The topological polar surface area (TPSA) is 26.0 Å². The molecule has 0 aliphatic carbocycles. The first-order chi connectivity index (χ1) is 8.84. The fourth-order valence-electron chi connectivity index (χ4n) is 2.51. The summed E-state index contributed by atoms with van der Waals surface area (Å²) in [6, 6.07) is 11.9. The van der Waals surface area contributed by atoms with Crippen molar-refractivity contribution in [3.8, 4) is 0 Å². The highest BCUT2D eigenvalue weighted by atomic mass is 16.3. The van der Waals surface area contributed by atoms with Gasteiger partial charge in [0.1, 0.15) is 19.0 Å². The normalized spacial score (nSPS) is 11.6. The Bertz CT molecular complexity index is 895. The Labute approximate surface area is 105 Å². The Kier molecular flexibility index (Phi) is 1.81. The van der Waals surface area contributed by atoms with Crippen LogP contribution < -0.4 is 5.46 Å². The smallest absolute Gasteiger partial charge is 0.138 e. The molecule has 0 saturated carbocycles. The van der Waals surface area contributed by atoms with E-state index in [-0.39, 0.29) is 0 Å². The van der Waals surface area contributed by atoms with Crippen molar-refractivity contribution in [2.24, 2.45) is 0 Å². The van der Waals surface area contributed by atoms with Crippen LogP contribution in [0.25, 0.3) is 32.7 Å². The van der Waals surface area contributed by atoms with Gasteiger partial charge >= 0.3 is 0 Å². The second kappa shape index (κ2) is 3.36. The number of fused-ring (bicyclic) bond motifs is 5. The maximum Gasteiger partial charge on any atom is 0.138 e. The number of hydrogen-bond acceptors (Lipinski definition) is 2. The summed E-state index contributed by atoms with van der Waals surface area (Å²) < 4.78 is 5.82. The monoisotopic (exact) mass is 229 g/mol. The van der Waals surface area contributed by atoms with Crippen LogP contribution in [-0.2, 0) is 0 Å². The van der Waals surface area contributed by atoms with Crippen LogP contribution in [0.1, 0.15) is 0 Å². The molecular weight excluding hydrogens is 221 g/mol. The first-order valence-electron chi connectivity index (χ1n) is 5.78. The highest BCUT2D eigenvalue weighted by Crippen LogP contribution is 2.32. The molecule has 0 atom stereocenters. The number of aromatic nitrogens is 1. The number of nitrogens with zero attached hydrogens (tertiary/aromatic N) is 1. The number of pyridine rings is 1. The quantitative estimate of drug-likeness (QED) is 0.433. The molecule has 4 rings (SSSR count). The van der Waals surface area contributed by atoms with Gasteiger partial charge in [0.05, 0.1) is 0 Å². The predicted octanol–water partition coefficient (Wildman–Crippen LogP) is 2.93. The Morgan fingerprint density at radius 3 is 2.67 bits per heavy atom. The molecule has 18 heavy (non-hydrogen) atoms. The third-order valence-corrected chi connectivity index (χ3v) is 3.31. The van der Waals surface area contributed by atoms with E-state index >= 15 is 0 Å². The molecule has 0 saturated heterocycles. The summed E-state index contributed by atoms with van der Waals surface area (Å²) in [5, 5.41) is 4.28. The first-order valence-corrected chi connectivity index (χ1v) is 5.78. The van der Waals surface area contributed by atoms with Gasteiger partial charge in [-0.3, -0.25) is 4.98 Å². The predicted molar refractivity (Wildman–Crippen MR) is 74.4 cm³/mol. The summed E-state index contributed by atoms with van der Waals surface area (Å²) in [6.45, 7) is 0. The lowest BCUT2D eigenvalue weighted by Gasteiger charge is -2.03. The average Bonchev–Trinajstić information content (AvgIpc) is 2.77. The van der Waals surface area contributed by atoms with Gasteiger partial charge in [-0.1, -0.05) is 29.7 Å². The van der Waals surface area contributed by atoms with Gasteiger partial charge in [0, 0.05) is 23.2 Å². The second-order valence-electron chi connectivity index (χ2n) is 4.36. The lowest BCUT2D eigenvalue weighted by molar-refractivity contribution is 0.669. The molecule has 0 spiro atoms. The lowest BCUT2D eigenvalue weighted by Crippen LogP contribution is -2.02. The van der Waals surface area contributed by atoms with Crippen molar-refractivity contribution >= 4 is 46.0 Å². The second-order valence-corrected chi connectivity index (χ2v) is 4.36. The van der Waals surface area contributed by atoms with E-state index in [9.17, 15) is 0 Å². The molecule has 4 aromatic rings. The molecule has 0 N–H and O–H groups in total. The molecule has 0 fully saturated rings. The van der Waals surface area contributed by atoms with Crippen molar-refractivity contribution in [1.82, 2.24) is 4.98 Å². The van der Waals surface area contributed by atoms with Crippen molar-refractivity contribution in [2.45, 2.75) is 0 Å². The summed E-state index contributed by atoms with van der Waals surface area (Å²) in [6.07, 6.45) is 3.57. The number of hydrogen-bond donors (Lipinski definition) is 0. The molecular formula is C15H8BNO. The summed E-state index contributed by atoms with van der Waals surface area (Å²) in [5.41, 5.74) is 2.40. The van der Waals surface area contributed by atoms with Gasteiger partial charge < -0.3 is 4.42 Å². The molecule has 82 valence electrons. The molecule has 2 nitrogen and oxygen atoms in total. The van der Waals surface area contributed by atoms with Crippen LogP contribution in [0.2, 0.25) is 0 Å². The van der Waals surface area contributed by atoms with Crippen molar-refractivity contribution in [3.05, 3.63) is 48.8 Å². The molecule has 0 unspecified atom stereocenters. The third-order valence-electron chi connectivity index (χ3n) is 3.31. The van der Waals surface area contributed by atoms with Crippen LogP contribution in [0, 0.1) is 0 Å². The maximum atomic E-state index is 6.07. The van der Waals surface area contributed by atoms with E-state index in [1.54, 1.807) is 6.20 Å². The van der Waals surface area contributed by atoms with Crippen LogP contribution in [-0.4, -0.2) is 12.8 Å². The van der Waals surface area contributed by atoms with E-state index in [0.717, 1.165) is 38.2 Å². The highest BCUT2D eigenvalue weighted by Gasteiger charge is 2.11. The van der Waals surface area contributed by atoms with Crippen molar-refractivity contribution in [3.63, 3.8) is 0 Å². The van der Waals surface area contributed by atoms with Gasteiger partial charge in [-0.25, -0.2) is 0 Å². The van der Waals surface area contributed by atoms with Crippen molar-refractivity contribution in [1.29, 1.82) is 0 Å². The summed E-state index contributed by atoms with van der Waals surface area (Å²) in [5.74, 6) is 0. The molecule has 0 aliphatic heterocycles. The molecule has 2 radical (unpaired) electrons. The fraction of sp³-hybridized carbons (Fsp3) is 0. The molecule has 0 bridgehead atoms. The Hall–Kier alpha value is -2.29.